The lowest BCUT2D eigenvalue weighted by atomic mass is 10.1. The molecule has 2 amide bonds. The van der Waals surface area contributed by atoms with Gasteiger partial charge in [-0.25, -0.2) is 8.78 Å². The molecule has 1 aliphatic heterocycles. The highest BCUT2D eigenvalue weighted by atomic mass is 19.1. The van der Waals surface area contributed by atoms with E-state index in [1.807, 2.05) is 30.3 Å². The average molecular weight is 344 g/mol. The number of amides is 2. The number of benzene rings is 2. The second-order valence-electron chi connectivity index (χ2n) is 6.00. The van der Waals surface area contributed by atoms with Gasteiger partial charge in [-0.15, -0.1) is 0 Å². The van der Waals surface area contributed by atoms with Crippen molar-refractivity contribution in [1.29, 1.82) is 0 Å². The van der Waals surface area contributed by atoms with Crippen LogP contribution in [0, 0.1) is 11.6 Å². The molecule has 0 bridgehead atoms. The van der Waals surface area contributed by atoms with Gasteiger partial charge in [-0.05, 0) is 24.1 Å². The normalized spacial score (nSPS) is 15.3. The van der Waals surface area contributed by atoms with Crippen molar-refractivity contribution in [2.24, 2.45) is 0 Å². The van der Waals surface area contributed by atoms with E-state index >= 15 is 0 Å². The molecule has 25 heavy (non-hydrogen) atoms. The minimum Gasteiger partial charge on any atom is -0.343 e. The van der Waals surface area contributed by atoms with E-state index in [2.05, 4.69) is 5.32 Å². The van der Waals surface area contributed by atoms with Crippen LogP contribution in [0.2, 0.25) is 0 Å². The van der Waals surface area contributed by atoms with E-state index in [4.69, 9.17) is 0 Å². The van der Waals surface area contributed by atoms with Crippen molar-refractivity contribution in [3.8, 4) is 0 Å². The van der Waals surface area contributed by atoms with Crippen molar-refractivity contribution in [1.82, 2.24) is 10.2 Å². The molecule has 1 atom stereocenters. The van der Waals surface area contributed by atoms with Gasteiger partial charge in [-0.2, -0.15) is 0 Å². The lowest BCUT2D eigenvalue weighted by molar-refractivity contribution is -0.128. The summed E-state index contributed by atoms with van der Waals surface area (Å²) in [5.74, 6) is -2.25. The topological polar surface area (TPSA) is 49.4 Å². The molecule has 0 aromatic heterocycles. The maximum Gasteiger partial charge on any atom is 0.254 e. The third-order valence-corrected chi connectivity index (χ3v) is 4.26. The zero-order valence-corrected chi connectivity index (χ0v) is 13.5. The average Bonchev–Trinajstić information content (AvgIpc) is 3.00. The lowest BCUT2D eigenvalue weighted by Gasteiger charge is -2.25. The Morgan fingerprint density at radius 2 is 1.92 bits per heavy atom. The summed E-state index contributed by atoms with van der Waals surface area (Å²) in [7, 11) is 0. The first-order valence-corrected chi connectivity index (χ1v) is 8.13. The predicted octanol–water partition coefficient (Wildman–Crippen LogP) is 3.06. The molecule has 2 aromatic carbocycles. The summed E-state index contributed by atoms with van der Waals surface area (Å²) in [5.41, 5.74) is 0.591. The number of nitrogens with one attached hydrogen (secondary N) is 1. The van der Waals surface area contributed by atoms with Crippen LogP contribution >= 0.6 is 0 Å². The Labute approximate surface area is 144 Å². The Morgan fingerprint density at radius 1 is 1.16 bits per heavy atom. The highest BCUT2D eigenvalue weighted by molar-refractivity contribution is 5.94. The SMILES string of the molecule is O=C(N[C@H](CN1CCCC1=O)c1ccccc1)c1ccc(F)cc1F. The molecule has 1 fully saturated rings. The number of nitrogens with zero attached hydrogens (tertiary/aromatic N) is 1. The minimum absolute atomic E-state index is 0.0446. The molecular formula is C19H18F2N2O2. The second-order valence-corrected chi connectivity index (χ2v) is 6.00. The molecule has 0 radical (unpaired) electrons. The van der Waals surface area contributed by atoms with Gasteiger partial charge in [0.1, 0.15) is 11.6 Å². The zero-order chi connectivity index (χ0) is 17.8. The molecule has 1 aliphatic rings. The number of carbonyl (C=O) groups excluding carboxylic acids is 2. The second kappa shape index (κ2) is 7.42. The Kier molecular flexibility index (Phi) is 5.07. The number of rotatable bonds is 5. The quantitative estimate of drug-likeness (QED) is 0.906. The third-order valence-electron chi connectivity index (χ3n) is 4.26. The molecular weight excluding hydrogens is 326 g/mol. The van der Waals surface area contributed by atoms with Gasteiger partial charge in [-0.3, -0.25) is 9.59 Å². The predicted molar refractivity (Wildman–Crippen MR) is 88.8 cm³/mol. The number of hydrogen-bond donors (Lipinski definition) is 1. The first-order valence-electron chi connectivity index (χ1n) is 8.13. The van der Waals surface area contributed by atoms with Crippen LogP contribution in [-0.4, -0.2) is 29.8 Å². The molecule has 1 N–H and O–H groups in total. The fraction of sp³-hybridized carbons (Fsp3) is 0.263. The molecule has 6 heteroatoms. The van der Waals surface area contributed by atoms with Gasteiger partial charge in [0, 0.05) is 25.6 Å². The van der Waals surface area contributed by atoms with Crippen LogP contribution in [0.15, 0.2) is 48.5 Å². The highest BCUT2D eigenvalue weighted by Crippen LogP contribution is 2.20. The van der Waals surface area contributed by atoms with Crippen LogP contribution in [0.3, 0.4) is 0 Å². The Hall–Kier alpha value is -2.76. The van der Waals surface area contributed by atoms with Crippen molar-refractivity contribution >= 4 is 11.8 Å². The van der Waals surface area contributed by atoms with E-state index in [0.717, 1.165) is 24.1 Å². The van der Waals surface area contributed by atoms with Crippen LogP contribution < -0.4 is 5.32 Å². The zero-order valence-electron chi connectivity index (χ0n) is 13.5. The number of likely N-dealkylation sites (tertiary alicyclic amines) is 1. The van der Waals surface area contributed by atoms with Crippen molar-refractivity contribution in [3.05, 3.63) is 71.3 Å². The molecule has 1 saturated heterocycles. The van der Waals surface area contributed by atoms with Crippen molar-refractivity contribution in [2.45, 2.75) is 18.9 Å². The molecule has 130 valence electrons. The molecule has 0 spiro atoms. The van der Waals surface area contributed by atoms with Crippen molar-refractivity contribution in [2.75, 3.05) is 13.1 Å². The summed E-state index contributed by atoms with van der Waals surface area (Å²) in [6.45, 7) is 0.959. The summed E-state index contributed by atoms with van der Waals surface area (Å²) in [6.07, 6.45) is 1.29. The standard InChI is InChI=1S/C19H18F2N2O2/c20-14-8-9-15(16(21)11-14)19(25)22-17(13-5-2-1-3-6-13)12-23-10-4-7-18(23)24/h1-3,5-6,8-9,11,17H,4,7,10,12H2,(H,22,25)/t17-/m1/s1. The molecule has 0 aliphatic carbocycles. The molecule has 1 heterocycles. The van der Waals surface area contributed by atoms with E-state index in [0.29, 0.717) is 25.6 Å². The van der Waals surface area contributed by atoms with E-state index in [-0.39, 0.29) is 11.5 Å². The van der Waals surface area contributed by atoms with E-state index in [9.17, 15) is 18.4 Å². The summed E-state index contributed by atoms with van der Waals surface area (Å²) in [4.78, 5) is 26.0. The van der Waals surface area contributed by atoms with E-state index in [1.54, 1.807) is 4.90 Å². The molecule has 0 unspecified atom stereocenters. The first kappa shape index (κ1) is 17.1. The van der Waals surface area contributed by atoms with E-state index < -0.39 is 23.6 Å². The fourth-order valence-corrected chi connectivity index (χ4v) is 2.95. The van der Waals surface area contributed by atoms with Crippen LogP contribution in [0.1, 0.15) is 34.8 Å². The monoisotopic (exact) mass is 344 g/mol. The van der Waals surface area contributed by atoms with Crippen LogP contribution in [0.25, 0.3) is 0 Å². The summed E-state index contributed by atoms with van der Waals surface area (Å²) >= 11 is 0. The van der Waals surface area contributed by atoms with Crippen LogP contribution in [0.4, 0.5) is 8.78 Å². The molecule has 3 rings (SSSR count). The summed E-state index contributed by atoms with van der Waals surface area (Å²) in [5, 5.41) is 2.76. The molecule has 0 saturated carbocycles. The van der Waals surface area contributed by atoms with E-state index in [1.165, 1.54) is 0 Å². The van der Waals surface area contributed by atoms with Gasteiger partial charge in [-0.1, -0.05) is 30.3 Å². The smallest absolute Gasteiger partial charge is 0.254 e. The van der Waals surface area contributed by atoms with Crippen LogP contribution in [-0.2, 0) is 4.79 Å². The Bertz CT molecular complexity index is 780. The van der Waals surface area contributed by atoms with Gasteiger partial charge >= 0.3 is 0 Å². The highest BCUT2D eigenvalue weighted by Gasteiger charge is 2.26. The number of carbonyl (C=O) groups is 2. The van der Waals surface area contributed by atoms with Gasteiger partial charge in [0.2, 0.25) is 5.91 Å². The summed E-state index contributed by atoms with van der Waals surface area (Å²) in [6, 6.07) is 11.6. The van der Waals surface area contributed by atoms with Crippen molar-refractivity contribution in [3.63, 3.8) is 0 Å². The number of halogens is 2. The molecule has 4 nitrogen and oxygen atoms in total. The first-order chi connectivity index (χ1) is 12.0. The van der Waals surface area contributed by atoms with Crippen molar-refractivity contribution < 1.29 is 18.4 Å². The van der Waals surface area contributed by atoms with Gasteiger partial charge < -0.3 is 10.2 Å². The largest absolute Gasteiger partial charge is 0.343 e. The summed E-state index contributed by atoms with van der Waals surface area (Å²) < 4.78 is 26.9. The Balaban J connectivity index is 1.81. The van der Waals surface area contributed by atoms with Gasteiger partial charge in [0.05, 0.1) is 11.6 Å². The fourth-order valence-electron chi connectivity index (χ4n) is 2.95. The van der Waals surface area contributed by atoms with Gasteiger partial charge in [0.25, 0.3) is 5.91 Å². The molecule has 2 aromatic rings. The maximum atomic E-state index is 13.9. The maximum absolute atomic E-state index is 13.9. The number of hydrogen-bond acceptors (Lipinski definition) is 2. The third kappa shape index (κ3) is 4.02. The van der Waals surface area contributed by atoms with Gasteiger partial charge in [0.15, 0.2) is 0 Å². The minimum atomic E-state index is -0.915. The van der Waals surface area contributed by atoms with Crippen LogP contribution in [0.5, 0.6) is 0 Å². The Morgan fingerprint density at radius 3 is 2.56 bits per heavy atom. The lowest BCUT2D eigenvalue weighted by Crippen LogP contribution is -2.38.